The number of carbonyl (C=O) groups is 1. The van der Waals surface area contributed by atoms with Gasteiger partial charge in [0.05, 0.1) is 0 Å². The average Bonchev–Trinajstić information content (AvgIpc) is 3.25. The Morgan fingerprint density at radius 3 is 2.88 bits per heavy atom. The fourth-order valence-electron chi connectivity index (χ4n) is 3.29. The zero-order chi connectivity index (χ0) is 16.5. The molecule has 0 bridgehead atoms. The van der Waals surface area contributed by atoms with Crippen LogP contribution in [0.5, 0.6) is 11.5 Å². The number of rotatable bonds is 2. The summed E-state index contributed by atoms with van der Waals surface area (Å²) in [5, 5.41) is 3.01. The molecule has 2 aliphatic rings. The van der Waals surface area contributed by atoms with Crippen LogP contribution >= 0.6 is 0 Å². The summed E-state index contributed by atoms with van der Waals surface area (Å²) in [6.45, 7) is 3.76. The first-order valence-corrected chi connectivity index (χ1v) is 8.22. The van der Waals surface area contributed by atoms with Gasteiger partial charge in [0.1, 0.15) is 0 Å². The van der Waals surface area contributed by atoms with Crippen LogP contribution < -0.4 is 14.8 Å². The number of likely N-dealkylation sites (tertiary alicyclic amines) is 1. The summed E-state index contributed by atoms with van der Waals surface area (Å²) in [6, 6.07) is 13.9. The predicted octanol–water partition coefficient (Wildman–Crippen LogP) is 3.75. The molecule has 1 fully saturated rings. The summed E-state index contributed by atoms with van der Waals surface area (Å²) < 4.78 is 10.8. The van der Waals surface area contributed by atoms with E-state index in [0.29, 0.717) is 5.92 Å². The quantitative estimate of drug-likeness (QED) is 0.915. The number of para-hydroxylation sites is 1. The van der Waals surface area contributed by atoms with Gasteiger partial charge < -0.3 is 19.7 Å². The van der Waals surface area contributed by atoms with Crippen molar-refractivity contribution < 1.29 is 14.3 Å². The van der Waals surface area contributed by atoms with Crippen LogP contribution in [0.3, 0.4) is 0 Å². The number of anilines is 1. The van der Waals surface area contributed by atoms with Gasteiger partial charge in [-0.1, -0.05) is 24.3 Å². The van der Waals surface area contributed by atoms with Crippen molar-refractivity contribution >= 4 is 11.7 Å². The first-order chi connectivity index (χ1) is 11.7. The zero-order valence-corrected chi connectivity index (χ0v) is 13.6. The molecule has 2 aliphatic heterocycles. The minimum Gasteiger partial charge on any atom is -0.454 e. The maximum absolute atomic E-state index is 12.5. The highest BCUT2D eigenvalue weighted by atomic mass is 16.7. The number of nitrogens with one attached hydrogen (secondary N) is 1. The summed E-state index contributed by atoms with van der Waals surface area (Å²) in [5.74, 6) is 1.93. The standard InChI is InChI=1S/C19H20N2O3/c1-13-4-2-3-5-16(13)20-19(22)21-9-8-15(11-21)14-6-7-17-18(10-14)24-12-23-17/h2-7,10,15H,8-9,11-12H2,1H3,(H,20,22)/t15-/m1/s1. The lowest BCUT2D eigenvalue weighted by molar-refractivity contribution is 0.174. The molecule has 0 spiro atoms. The van der Waals surface area contributed by atoms with Crippen molar-refractivity contribution in [3.05, 3.63) is 53.6 Å². The zero-order valence-electron chi connectivity index (χ0n) is 13.6. The SMILES string of the molecule is Cc1ccccc1NC(=O)N1CC[C@@H](c2ccc3c(c2)OCO3)C1. The number of nitrogens with zero attached hydrogens (tertiary/aromatic N) is 1. The Kier molecular flexibility index (Phi) is 3.76. The van der Waals surface area contributed by atoms with Gasteiger partial charge in [0.25, 0.3) is 0 Å². The smallest absolute Gasteiger partial charge is 0.321 e. The number of fused-ring (bicyclic) bond motifs is 1. The molecule has 0 aromatic heterocycles. The van der Waals surface area contributed by atoms with Crippen LogP contribution in [0.1, 0.15) is 23.5 Å². The lowest BCUT2D eigenvalue weighted by atomic mass is 9.98. The molecule has 2 aromatic carbocycles. The van der Waals surface area contributed by atoms with Gasteiger partial charge in [0.15, 0.2) is 11.5 Å². The summed E-state index contributed by atoms with van der Waals surface area (Å²) in [7, 11) is 0. The highest BCUT2D eigenvalue weighted by Gasteiger charge is 2.28. The summed E-state index contributed by atoms with van der Waals surface area (Å²) in [5.41, 5.74) is 3.14. The molecule has 2 amide bonds. The maximum atomic E-state index is 12.5. The topological polar surface area (TPSA) is 50.8 Å². The molecule has 1 atom stereocenters. The van der Waals surface area contributed by atoms with Crippen molar-refractivity contribution in [3.63, 3.8) is 0 Å². The lowest BCUT2D eigenvalue weighted by Gasteiger charge is -2.18. The number of hydrogen-bond donors (Lipinski definition) is 1. The van der Waals surface area contributed by atoms with Crippen LogP contribution in [0.2, 0.25) is 0 Å². The van der Waals surface area contributed by atoms with Crippen molar-refractivity contribution in [1.82, 2.24) is 4.90 Å². The van der Waals surface area contributed by atoms with Gasteiger partial charge in [-0.2, -0.15) is 0 Å². The van der Waals surface area contributed by atoms with Crippen LogP contribution in [-0.2, 0) is 0 Å². The van der Waals surface area contributed by atoms with Crippen LogP contribution in [0.4, 0.5) is 10.5 Å². The number of amides is 2. The van der Waals surface area contributed by atoms with Crippen molar-refractivity contribution in [3.8, 4) is 11.5 Å². The summed E-state index contributed by atoms with van der Waals surface area (Å²) in [4.78, 5) is 14.4. The first-order valence-electron chi connectivity index (χ1n) is 8.22. The number of aryl methyl sites for hydroxylation is 1. The fraction of sp³-hybridized carbons (Fsp3) is 0.316. The molecule has 1 N–H and O–H groups in total. The summed E-state index contributed by atoms with van der Waals surface area (Å²) in [6.07, 6.45) is 0.959. The number of hydrogen-bond acceptors (Lipinski definition) is 3. The highest BCUT2D eigenvalue weighted by molar-refractivity contribution is 5.90. The molecule has 2 heterocycles. The van der Waals surface area contributed by atoms with Crippen molar-refractivity contribution in [2.75, 3.05) is 25.2 Å². The Hall–Kier alpha value is -2.69. The van der Waals surface area contributed by atoms with E-state index in [1.54, 1.807) is 0 Å². The number of carbonyl (C=O) groups excluding carboxylic acids is 1. The lowest BCUT2D eigenvalue weighted by Crippen LogP contribution is -2.33. The largest absolute Gasteiger partial charge is 0.454 e. The molecule has 5 heteroatoms. The molecule has 0 radical (unpaired) electrons. The highest BCUT2D eigenvalue weighted by Crippen LogP contribution is 2.37. The fourth-order valence-corrected chi connectivity index (χ4v) is 3.29. The third-order valence-electron chi connectivity index (χ3n) is 4.73. The van der Waals surface area contributed by atoms with E-state index >= 15 is 0 Å². The van der Waals surface area contributed by atoms with Crippen LogP contribution in [0.25, 0.3) is 0 Å². The molecule has 1 saturated heterocycles. The van der Waals surface area contributed by atoms with Gasteiger partial charge in [-0.05, 0) is 42.7 Å². The number of benzene rings is 2. The Bertz CT molecular complexity index is 775. The third kappa shape index (κ3) is 2.77. The van der Waals surface area contributed by atoms with E-state index in [-0.39, 0.29) is 12.8 Å². The van der Waals surface area contributed by atoms with Gasteiger partial charge in [-0.15, -0.1) is 0 Å². The first kappa shape index (κ1) is 14.9. The van der Waals surface area contributed by atoms with E-state index in [1.165, 1.54) is 5.56 Å². The second-order valence-electron chi connectivity index (χ2n) is 6.29. The Labute approximate surface area is 141 Å². The van der Waals surface area contributed by atoms with Gasteiger partial charge in [-0.25, -0.2) is 4.79 Å². The summed E-state index contributed by atoms with van der Waals surface area (Å²) >= 11 is 0. The minimum atomic E-state index is -0.0347. The van der Waals surface area contributed by atoms with Gasteiger partial charge >= 0.3 is 6.03 Å². The van der Waals surface area contributed by atoms with Gasteiger partial charge in [-0.3, -0.25) is 0 Å². The Morgan fingerprint density at radius 2 is 2.00 bits per heavy atom. The normalized spacial score (nSPS) is 18.7. The van der Waals surface area contributed by atoms with Gasteiger partial charge in [0, 0.05) is 24.7 Å². The number of ether oxygens (including phenoxy) is 2. The molecule has 2 aromatic rings. The second kappa shape index (κ2) is 6.07. The van der Waals surface area contributed by atoms with Crippen LogP contribution in [0, 0.1) is 6.92 Å². The molecule has 4 rings (SSSR count). The molecule has 0 aliphatic carbocycles. The third-order valence-corrected chi connectivity index (χ3v) is 4.73. The molecule has 5 nitrogen and oxygen atoms in total. The molecule has 0 saturated carbocycles. The molecular formula is C19H20N2O3. The monoisotopic (exact) mass is 324 g/mol. The van der Waals surface area contributed by atoms with Crippen molar-refractivity contribution in [2.24, 2.45) is 0 Å². The Morgan fingerprint density at radius 1 is 1.17 bits per heavy atom. The molecule has 0 unspecified atom stereocenters. The minimum absolute atomic E-state index is 0.0347. The molecule has 24 heavy (non-hydrogen) atoms. The maximum Gasteiger partial charge on any atom is 0.321 e. The molecular weight excluding hydrogens is 304 g/mol. The van der Waals surface area contributed by atoms with Crippen molar-refractivity contribution in [1.29, 1.82) is 0 Å². The van der Waals surface area contributed by atoms with Crippen LogP contribution in [0.15, 0.2) is 42.5 Å². The van der Waals surface area contributed by atoms with E-state index in [0.717, 1.165) is 42.3 Å². The van der Waals surface area contributed by atoms with E-state index in [9.17, 15) is 4.79 Å². The van der Waals surface area contributed by atoms with E-state index in [1.807, 2.05) is 48.2 Å². The average molecular weight is 324 g/mol. The second-order valence-corrected chi connectivity index (χ2v) is 6.29. The molecule has 124 valence electrons. The van der Waals surface area contributed by atoms with Crippen molar-refractivity contribution in [2.45, 2.75) is 19.3 Å². The number of urea groups is 1. The van der Waals surface area contributed by atoms with E-state index < -0.39 is 0 Å². The van der Waals surface area contributed by atoms with E-state index in [2.05, 4.69) is 11.4 Å². The Balaban J connectivity index is 1.43. The van der Waals surface area contributed by atoms with Gasteiger partial charge in [0.2, 0.25) is 6.79 Å². The van der Waals surface area contributed by atoms with E-state index in [4.69, 9.17) is 9.47 Å². The van der Waals surface area contributed by atoms with Crippen LogP contribution in [-0.4, -0.2) is 30.8 Å². The predicted molar refractivity (Wildman–Crippen MR) is 91.7 cm³/mol.